The van der Waals surface area contributed by atoms with Gasteiger partial charge in [-0.1, -0.05) is 31.6 Å². The highest BCUT2D eigenvalue weighted by Gasteiger charge is 2.13. The van der Waals surface area contributed by atoms with E-state index in [1.807, 2.05) is 0 Å². The quantitative estimate of drug-likeness (QED) is 0.520. The van der Waals surface area contributed by atoms with E-state index in [0.29, 0.717) is 22.2 Å². The van der Waals surface area contributed by atoms with E-state index in [2.05, 4.69) is 28.5 Å². The number of aromatic amines is 1. The number of carbonyl (C=O) groups excluding carboxylic acids is 1. The zero-order valence-corrected chi connectivity index (χ0v) is 14.2. The van der Waals surface area contributed by atoms with Crippen LogP contribution >= 0.6 is 0 Å². The first-order valence-electron chi connectivity index (χ1n) is 7.93. The summed E-state index contributed by atoms with van der Waals surface area (Å²) < 4.78 is 10.00. The highest BCUT2D eigenvalue weighted by molar-refractivity contribution is 5.93. The summed E-state index contributed by atoms with van der Waals surface area (Å²) >= 11 is 0. The molecule has 0 fully saturated rings. The second-order valence-corrected chi connectivity index (χ2v) is 5.40. The van der Waals surface area contributed by atoms with Crippen LogP contribution in [0.4, 0.5) is 0 Å². The van der Waals surface area contributed by atoms with Gasteiger partial charge in [-0.3, -0.25) is 4.79 Å². The molecule has 0 aliphatic carbocycles. The number of benzene rings is 1. The van der Waals surface area contributed by atoms with E-state index in [1.165, 1.54) is 20.3 Å². The highest BCUT2D eigenvalue weighted by atomic mass is 16.5. The lowest BCUT2D eigenvalue weighted by Gasteiger charge is -2.08. The number of fused-ring (bicyclic) bond motifs is 1. The maximum absolute atomic E-state index is 12.3. The second kappa shape index (κ2) is 8.21. The Morgan fingerprint density at radius 2 is 2.00 bits per heavy atom. The molecule has 2 rings (SSSR count). The third-order valence-corrected chi connectivity index (χ3v) is 3.67. The van der Waals surface area contributed by atoms with Crippen molar-refractivity contribution in [2.24, 2.45) is 0 Å². The molecule has 24 heavy (non-hydrogen) atoms. The van der Waals surface area contributed by atoms with Crippen LogP contribution in [-0.2, 0) is 4.74 Å². The number of aromatic nitrogens is 1. The fraction of sp³-hybridized carbons (Fsp3) is 0.368. The molecule has 5 heteroatoms. The van der Waals surface area contributed by atoms with E-state index in [-0.39, 0.29) is 11.1 Å². The molecule has 0 spiro atoms. The summed E-state index contributed by atoms with van der Waals surface area (Å²) in [7, 11) is 2.77. The van der Waals surface area contributed by atoms with E-state index < -0.39 is 5.97 Å². The average molecular weight is 327 g/mol. The van der Waals surface area contributed by atoms with Crippen molar-refractivity contribution < 1.29 is 14.3 Å². The summed E-state index contributed by atoms with van der Waals surface area (Å²) in [6.07, 6.45) is 4.21. The van der Waals surface area contributed by atoms with Gasteiger partial charge < -0.3 is 14.5 Å². The van der Waals surface area contributed by atoms with Crippen LogP contribution in [-0.4, -0.2) is 25.2 Å². The average Bonchev–Trinajstić information content (AvgIpc) is 2.60. The van der Waals surface area contributed by atoms with Crippen LogP contribution in [0.5, 0.6) is 5.75 Å². The zero-order chi connectivity index (χ0) is 17.5. The van der Waals surface area contributed by atoms with Gasteiger partial charge in [-0.15, -0.1) is 0 Å². The summed E-state index contributed by atoms with van der Waals surface area (Å²) in [5.41, 5.74) is 0.984. The number of rotatable bonds is 5. The normalized spacial score (nSPS) is 10.1. The summed E-state index contributed by atoms with van der Waals surface area (Å²) in [5.74, 6) is 6.06. The molecule has 0 unspecified atom stereocenters. The lowest BCUT2D eigenvalue weighted by Crippen LogP contribution is -2.12. The van der Waals surface area contributed by atoms with Crippen molar-refractivity contribution >= 4 is 16.9 Å². The first-order chi connectivity index (χ1) is 11.6. The molecule has 0 radical (unpaired) electrons. The molecule has 0 aliphatic heterocycles. The van der Waals surface area contributed by atoms with Crippen molar-refractivity contribution in [1.82, 2.24) is 4.98 Å². The molecule has 0 bridgehead atoms. The Morgan fingerprint density at radius 3 is 2.67 bits per heavy atom. The van der Waals surface area contributed by atoms with Crippen molar-refractivity contribution in [3.8, 4) is 17.6 Å². The Kier molecular flexibility index (Phi) is 6.02. The topological polar surface area (TPSA) is 68.4 Å². The number of H-pyrrole nitrogens is 1. The molecule has 1 aromatic carbocycles. The fourth-order valence-corrected chi connectivity index (χ4v) is 2.40. The number of esters is 1. The van der Waals surface area contributed by atoms with E-state index in [0.717, 1.165) is 25.7 Å². The SMILES string of the molecule is CCCCCC#Cc1cc(OC)c2[nH]c(C(=O)OC)cc(=O)c2c1. The van der Waals surface area contributed by atoms with Crippen molar-refractivity contribution in [1.29, 1.82) is 0 Å². The van der Waals surface area contributed by atoms with E-state index in [1.54, 1.807) is 12.1 Å². The van der Waals surface area contributed by atoms with Crippen molar-refractivity contribution in [3.63, 3.8) is 0 Å². The van der Waals surface area contributed by atoms with Crippen LogP contribution in [0.25, 0.3) is 10.9 Å². The predicted molar refractivity (Wildman–Crippen MR) is 93.5 cm³/mol. The number of carbonyl (C=O) groups is 1. The lowest BCUT2D eigenvalue weighted by atomic mass is 10.1. The van der Waals surface area contributed by atoms with Gasteiger partial charge in [0, 0.05) is 18.1 Å². The minimum absolute atomic E-state index is 0.0895. The van der Waals surface area contributed by atoms with Gasteiger partial charge in [-0.25, -0.2) is 4.79 Å². The van der Waals surface area contributed by atoms with Gasteiger partial charge in [0.15, 0.2) is 5.43 Å². The number of nitrogens with one attached hydrogen (secondary N) is 1. The summed E-state index contributed by atoms with van der Waals surface area (Å²) in [6, 6.07) is 4.70. The molecule has 0 saturated carbocycles. The van der Waals surface area contributed by atoms with Crippen LogP contribution in [0.2, 0.25) is 0 Å². The zero-order valence-electron chi connectivity index (χ0n) is 14.2. The van der Waals surface area contributed by atoms with Crippen molar-refractivity contribution in [2.75, 3.05) is 14.2 Å². The Morgan fingerprint density at radius 1 is 1.21 bits per heavy atom. The van der Waals surface area contributed by atoms with Crippen LogP contribution in [0, 0.1) is 11.8 Å². The molecule has 1 heterocycles. The van der Waals surface area contributed by atoms with Gasteiger partial charge in [0.05, 0.1) is 25.1 Å². The van der Waals surface area contributed by atoms with Crippen molar-refractivity contribution in [2.45, 2.75) is 32.6 Å². The van der Waals surface area contributed by atoms with E-state index in [4.69, 9.17) is 4.74 Å². The van der Waals surface area contributed by atoms with E-state index in [9.17, 15) is 9.59 Å². The molecular formula is C19H21NO4. The molecule has 0 atom stereocenters. The fourth-order valence-electron chi connectivity index (χ4n) is 2.40. The molecule has 1 N–H and O–H groups in total. The molecule has 2 aromatic rings. The summed E-state index contributed by atoms with van der Waals surface area (Å²) in [6.45, 7) is 2.15. The van der Waals surface area contributed by atoms with Crippen LogP contribution < -0.4 is 10.2 Å². The summed E-state index contributed by atoms with van der Waals surface area (Å²) in [4.78, 5) is 26.9. The van der Waals surface area contributed by atoms with Crippen molar-refractivity contribution in [3.05, 3.63) is 39.7 Å². The van der Waals surface area contributed by atoms with Gasteiger partial charge in [-0.05, 0) is 18.6 Å². The first kappa shape index (κ1) is 17.6. The molecule has 126 valence electrons. The van der Waals surface area contributed by atoms with Gasteiger partial charge in [0.2, 0.25) is 0 Å². The highest BCUT2D eigenvalue weighted by Crippen LogP contribution is 2.24. The van der Waals surface area contributed by atoms with E-state index >= 15 is 0 Å². The lowest BCUT2D eigenvalue weighted by molar-refractivity contribution is 0.0594. The predicted octanol–water partition coefficient (Wildman–Crippen LogP) is 3.26. The summed E-state index contributed by atoms with van der Waals surface area (Å²) in [5, 5.41) is 0.430. The number of methoxy groups -OCH3 is 2. The monoisotopic (exact) mass is 327 g/mol. The van der Waals surface area contributed by atoms with Crippen LogP contribution in [0.1, 0.15) is 48.7 Å². The smallest absolute Gasteiger partial charge is 0.354 e. The number of hydrogen-bond donors (Lipinski definition) is 1. The Balaban J connectivity index is 2.47. The number of unbranched alkanes of at least 4 members (excludes halogenated alkanes) is 3. The minimum atomic E-state index is -0.601. The molecule has 0 amide bonds. The molecule has 5 nitrogen and oxygen atoms in total. The third kappa shape index (κ3) is 3.96. The second-order valence-electron chi connectivity index (χ2n) is 5.40. The standard InChI is InChI=1S/C19H21NO4/c1-4-5-6-7-8-9-13-10-14-16(21)12-15(19(22)24-3)20-18(14)17(11-13)23-2/h10-12H,4-7H2,1-3H3,(H,20,21). The molecule has 0 aliphatic rings. The van der Waals surface area contributed by atoms with Crippen LogP contribution in [0.3, 0.4) is 0 Å². The first-order valence-corrected chi connectivity index (χ1v) is 7.93. The number of ether oxygens (including phenoxy) is 2. The Hall–Kier alpha value is -2.74. The van der Waals surface area contributed by atoms with Gasteiger partial charge in [0.25, 0.3) is 0 Å². The minimum Gasteiger partial charge on any atom is -0.495 e. The maximum Gasteiger partial charge on any atom is 0.354 e. The van der Waals surface area contributed by atoms with Crippen LogP contribution in [0.15, 0.2) is 23.0 Å². The van der Waals surface area contributed by atoms with Gasteiger partial charge >= 0.3 is 5.97 Å². The Bertz CT molecular complexity index is 855. The Labute approximate surface area is 141 Å². The largest absolute Gasteiger partial charge is 0.495 e. The number of pyridine rings is 1. The third-order valence-electron chi connectivity index (χ3n) is 3.67. The maximum atomic E-state index is 12.3. The van der Waals surface area contributed by atoms with Gasteiger partial charge in [-0.2, -0.15) is 0 Å². The number of hydrogen-bond acceptors (Lipinski definition) is 4. The molecule has 0 saturated heterocycles. The molecule has 1 aromatic heterocycles. The van der Waals surface area contributed by atoms with Gasteiger partial charge in [0.1, 0.15) is 11.4 Å². The molecular weight excluding hydrogens is 306 g/mol.